The maximum absolute atomic E-state index is 13.0. The summed E-state index contributed by atoms with van der Waals surface area (Å²) in [5, 5.41) is 12.0. The first-order valence-corrected chi connectivity index (χ1v) is 7.37. The number of rotatable bonds is 5. The van der Waals surface area contributed by atoms with Crippen LogP contribution in [-0.4, -0.2) is 10.2 Å². The molecule has 0 bridgehead atoms. The third-order valence-electron chi connectivity index (χ3n) is 3.59. The second-order valence-corrected chi connectivity index (χ2v) is 5.61. The summed E-state index contributed by atoms with van der Waals surface area (Å²) < 4.78 is 13.0. The van der Waals surface area contributed by atoms with Gasteiger partial charge in [-0.1, -0.05) is 32.9 Å². The molecule has 0 spiro atoms. The lowest BCUT2D eigenvalue weighted by atomic mass is 10.0. The van der Waals surface area contributed by atoms with Gasteiger partial charge < -0.3 is 5.32 Å². The molecule has 1 aromatic carbocycles. The summed E-state index contributed by atoms with van der Waals surface area (Å²) in [6.45, 7) is 8.32. The van der Waals surface area contributed by atoms with Crippen LogP contribution in [0.3, 0.4) is 0 Å². The highest BCUT2D eigenvalue weighted by Gasteiger charge is 2.13. The van der Waals surface area contributed by atoms with Crippen LogP contribution >= 0.6 is 0 Å². The molecule has 0 saturated carbocycles. The molecule has 0 aliphatic heterocycles. The Kier molecular flexibility index (Phi) is 4.89. The van der Waals surface area contributed by atoms with Crippen LogP contribution in [0.1, 0.15) is 56.0 Å². The fourth-order valence-corrected chi connectivity index (χ4v) is 2.21. The van der Waals surface area contributed by atoms with Crippen molar-refractivity contribution in [3.05, 3.63) is 53.0 Å². The molecule has 1 heterocycles. The molecular formula is C17H22FN3. The predicted molar refractivity (Wildman–Crippen MR) is 83.9 cm³/mol. The Morgan fingerprint density at radius 3 is 2.33 bits per heavy atom. The second kappa shape index (κ2) is 6.66. The van der Waals surface area contributed by atoms with Crippen LogP contribution in [0, 0.1) is 12.7 Å². The molecule has 0 amide bonds. The molecule has 3 nitrogen and oxygen atoms in total. The van der Waals surface area contributed by atoms with E-state index in [0.29, 0.717) is 5.92 Å². The van der Waals surface area contributed by atoms with Gasteiger partial charge in [-0.3, -0.25) is 0 Å². The summed E-state index contributed by atoms with van der Waals surface area (Å²) >= 11 is 0. The summed E-state index contributed by atoms with van der Waals surface area (Å²) in [6.07, 6.45) is 0.888. The quantitative estimate of drug-likeness (QED) is 0.872. The van der Waals surface area contributed by atoms with Gasteiger partial charge in [-0.2, -0.15) is 5.10 Å². The highest BCUT2D eigenvalue weighted by molar-refractivity contribution is 5.45. The van der Waals surface area contributed by atoms with Gasteiger partial charge in [0.15, 0.2) is 5.82 Å². The summed E-state index contributed by atoms with van der Waals surface area (Å²) in [7, 11) is 0. The highest BCUT2D eigenvalue weighted by Crippen LogP contribution is 2.24. The Morgan fingerprint density at radius 1 is 1.14 bits per heavy atom. The predicted octanol–water partition coefficient (Wildman–Crippen LogP) is 4.61. The third-order valence-corrected chi connectivity index (χ3v) is 3.59. The lowest BCUT2D eigenvalue weighted by molar-refractivity contribution is 0.625. The molecule has 21 heavy (non-hydrogen) atoms. The number of nitrogens with zero attached hydrogens (tertiary/aromatic N) is 2. The van der Waals surface area contributed by atoms with Crippen molar-refractivity contribution in [1.82, 2.24) is 10.2 Å². The largest absolute Gasteiger partial charge is 0.362 e. The van der Waals surface area contributed by atoms with Crippen molar-refractivity contribution in [2.24, 2.45) is 0 Å². The summed E-state index contributed by atoms with van der Waals surface area (Å²) in [5.74, 6) is 0.936. The van der Waals surface area contributed by atoms with Crippen molar-refractivity contribution in [1.29, 1.82) is 0 Å². The number of hydrogen-bond acceptors (Lipinski definition) is 3. The molecule has 112 valence electrons. The van der Waals surface area contributed by atoms with E-state index in [2.05, 4.69) is 42.4 Å². The SMILES string of the molecule is CC[C@@H](Nc1nnc(C(C)C)cc1C)c1ccc(F)cc1. The van der Waals surface area contributed by atoms with Gasteiger partial charge in [-0.25, -0.2) is 4.39 Å². The molecular weight excluding hydrogens is 265 g/mol. The maximum atomic E-state index is 13.0. The summed E-state index contributed by atoms with van der Waals surface area (Å²) in [5.41, 5.74) is 3.12. The minimum Gasteiger partial charge on any atom is -0.362 e. The number of aryl methyl sites for hydroxylation is 1. The monoisotopic (exact) mass is 287 g/mol. The molecule has 0 radical (unpaired) electrons. The van der Waals surface area contributed by atoms with E-state index in [-0.39, 0.29) is 11.9 Å². The molecule has 0 fully saturated rings. The molecule has 0 aliphatic carbocycles. The Bertz CT molecular complexity index is 593. The van der Waals surface area contributed by atoms with Gasteiger partial charge in [-0.05, 0) is 48.6 Å². The van der Waals surface area contributed by atoms with Crippen molar-refractivity contribution < 1.29 is 4.39 Å². The van der Waals surface area contributed by atoms with Gasteiger partial charge >= 0.3 is 0 Å². The van der Waals surface area contributed by atoms with E-state index < -0.39 is 0 Å². The van der Waals surface area contributed by atoms with E-state index in [1.54, 1.807) is 0 Å². The zero-order chi connectivity index (χ0) is 15.4. The zero-order valence-electron chi connectivity index (χ0n) is 13.0. The smallest absolute Gasteiger partial charge is 0.152 e. The number of nitrogens with one attached hydrogen (secondary N) is 1. The minimum absolute atomic E-state index is 0.100. The number of aromatic nitrogens is 2. The zero-order valence-corrected chi connectivity index (χ0v) is 13.0. The molecule has 4 heteroatoms. The maximum Gasteiger partial charge on any atom is 0.152 e. The van der Waals surface area contributed by atoms with Gasteiger partial charge in [0.05, 0.1) is 11.7 Å². The topological polar surface area (TPSA) is 37.8 Å². The lowest BCUT2D eigenvalue weighted by Crippen LogP contribution is -2.13. The molecule has 1 aromatic heterocycles. The summed E-state index contributed by atoms with van der Waals surface area (Å²) in [4.78, 5) is 0. The van der Waals surface area contributed by atoms with Gasteiger partial charge in [-0.15, -0.1) is 5.10 Å². The molecule has 0 saturated heterocycles. The first-order valence-electron chi connectivity index (χ1n) is 7.37. The Hall–Kier alpha value is -1.97. The Labute approximate surface area is 125 Å². The van der Waals surface area contributed by atoms with Crippen molar-refractivity contribution in [2.75, 3.05) is 5.32 Å². The highest BCUT2D eigenvalue weighted by atomic mass is 19.1. The van der Waals surface area contributed by atoms with Gasteiger partial charge in [0.25, 0.3) is 0 Å². The number of benzene rings is 1. The van der Waals surface area contributed by atoms with Crippen LogP contribution in [0.4, 0.5) is 10.2 Å². The van der Waals surface area contributed by atoms with Crippen LogP contribution in [0.15, 0.2) is 30.3 Å². The van der Waals surface area contributed by atoms with E-state index >= 15 is 0 Å². The molecule has 0 aliphatic rings. The third kappa shape index (κ3) is 3.78. The molecule has 2 rings (SSSR count). The first kappa shape index (κ1) is 15.4. The fraction of sp³-hybridized carbons (Fsp3) is 0.412. The van der Waals surface area contributed by atoms with Crippen LogP contribution in [0.5, 0.6) is 0 Å². The molecule has 1 atom stereocenters. The summed E-state index contributed by atoms with van der Waals surface area (Å²) in [6, 6.07) is 8.75. The molecule has 2 aromatic rings. The van der Waals surface area contributed by atoms with E-state index in [1.165, 1.54) is 12.1 Å². The number of hydrogen-bond donors (Lipinski definition) is 1. The van der Waals surface area contributed by atoms with Crippen LogP contribution in [0.25, 0.3) is 0 Å². The van der Waals surface area contributed by atoms with Crippen LogP contribution < -0.4 is 5.32 Å². The van der Waals surface area contributed by atoms with Gasteiger partial charge in [0.2, 0.25) is 0 Å². The van der Waals surface area contributed by atoms with Crippen molar-refractivity contribution >= 4 is 5.82 Å². The minimum atomic E-state index is -0.217. The normalized spacial score (nSPS) is 12.5. The van der Waals surface area contributed by atoms with E-state index in [0.717, 1.165) is 29.1 Å². The second-order valence-electron chi connectivity index (χ2n) is 5.61. The molecule has 0 unspecified atom stereocenters. The van der Waals surface area contributed by atoms with Crippen LogP contribution in [-0.2, 0) is 0 Å². The average Bonchev–Trinajstić information content (AvgIpc) is 2.47. The number of halogens is 1. The van der Waals surface area contributed by atoms with Gasteiger partial charge in [0.1, 0.15) is 5.82 Å². The average molecular weight is 287 g/mol. The number of anilines is 1. The van der Waals surface area contributed by atoms with E-state index in [1.807, 2.05) is 19.1 Å². The van der Waals surface area contributed by atoms with Crippen molar-refractivity contribution in [2.45, 2.75) is 46.1 Å². The fourth-order valence-electron chi connectivity index (χ4n) is 2.21. The first-order chi connectivity index (χ1) is 10.0. The van der Waals surface area contributed by atoms with E-state index in [4.69, 9.17) is 0 Å². The van der Waals surface area contributed by atoms with Crippen molar-refractivity contribution in [3.8, 4) is 0 Å². The van der Waals surface area contributed by atoms with E-state index in [9.17, 15) is 4.39 Å². The lowest BCUT2D eigenvalue weighted by Gasteiger charge is -2.19. The van der Waals surface area contributed by atoms with Crippen LogP contribution in [0.2, 0.25) is 0 Å². The molecule has 1 N–H and O–H groups in total. The van der Waals surface area contributed by atoms with Crippen molar-refractivity contribution in [3.63, 3.8) is 0 Å². The van der Waals surface area contributed by atoms with Gasteiger partial charge in [0, 0.05) is 0 Å². The Balaban J connectivity index is 2.20. The Morgan fingerprint density at radius 2 is 1.81 bits per heavy atom. The standard InChI is InChI=1S/C17H22FN3/c1-5-15(13-6-8-14(18)9-7-13)19-17-12(4)10-16(11(2)3)20-21-17/h6-11,15H,5H2,1-4H3,(H,19,21)/t15-/m1/s1.